The molecule has 0 aliphatic heterocycles. The Morgan fingerprint density at radius 2 is 1.86 bits per heavy atom. The molecule has 0 saturated heterocycles. The molecular formula is C22H21ClN4O. The van der Waals surface area contributed by atoms with Gasteiger partial charge in [-0.25, -0.2) is 9.50 Å². The third-order valence-electron chi connectivity index (χ3n) is 4.72. The van der Waals surface area contributed by atoms with Crippen LogP contribution in [0.4, 0.5) is 0 Å². The van der Waals surface area contributed by atoms with Gasteiger partial charge in [0.15, 0.2) is 11.5 Å². The van der Waals surface area contributed by atoms with Crippen molar-refractivity contribution < 1.29 is 5.11 Å². The predicted molar refractivity (Wildman–Crippen MR) is 112 cm³/mol. The first-order chi connectivity index (χ1) is 13.7. The Kier molecular flexibility index (Phi) is 5.39. The summed E-state index contributed by atoms with van der Waals surface area (Å²) < 4.78 is 1.72. The first-order valence-electron chi connectivity index (χ1n) is 9.19. The van der Waals surface area contributed by atoms with Crippen molar-refractivity contribution in [3.05, 3.63) is 76.9 Å². The Bertz CT molecular complexity index is 1110. The summed E-state index contributed by atoms with van der Waals surface area (Å²) in [5.41, 5.74) is 6.06. The van der Waals surface area contributed by atoms with Crippen molar-refractivity contribution in [2.24, 2.45) is 0 Å². The number of halogens is 1. The van der Waals surface area contributed by atoms with Crippen LogP contribution in [0.15, 0.2) is 60.8 Å². The van der Waals surface area contributed by atoms with E-state index in [4.69, 9.17) is 16.7 Å². The Balaban J connectivity index is 1.74. The topological polar surface area (TPSA) is 62.5 Å². The molecule has 4 aromatic rings. The molecule has 0 aliphatic carbocycles. The highest BCUT2D eigenvalue weighted by Crippen LogP contribution is 2.31. The van der Waals surface area contributed by atoms with Crippen LogP contribution in [0.1, 0.15) is 11.1 Å². The summed E-state index contributed by atoms with van der Waals surface area (Å²) in [5.74, 6) is 0.651. The zero-order valence-corrected chi connectivity index (χ0v) is 16.3. The van der Waals surface area contributed by atoms with Crippen LogP contribution < -0.4 is 5.32 Å². The van der Waals surface area contributed by atoms with Crippen molar-refractivity contribution in [1.82, 2.24) is 19.9 Å². The van der Waals surface area contributed by atoms with E-state index in [1.807, 2.05) is 42.6 Å². The van der Waals surface area contributed by atoms with Crippen molar-refractivity contribution in [3.63, 3.8) is 0 Å². The Morgan fingerprint density at radius 1 is 1.07 bits per heavy atom. The Morgan fingerprint density at radius 3 is 2.64 bits per heavy atom. The molecule has 2 N–H and O–H groups in total. The number of nitrogens with zero attached hydrogens (tertiary/aromatic N) is 3. The molecule has 0 spiro atoms. The van der Waals surface area contributed by atoms with Crippen molar-refractivity contribution in [1.29, 1.82) is 0 Å². The van der Waals surface area contributed by atoms with Gasteiger partial charge in [0, 0.05) is 24.8 Å². The van der Waals surface area contributed by atoms with E-state index in [0.717, 1.165) is 22.3 Å². The number of pyridine rings is 1. The van der Waals surface area contributed by atoms with Gasteiger partial charge in [0.25, 0.3) is 0 Å². The fourth-order valence-electron chi connectivity index (χ4n) is 3.33. The van der Waals surface area contributed by atoms with Crippen molar-refractivity contribution in [2.45, 2.75) is 13.5 Å². The number of aliphatic hydroxyl groups is 1. The van der Waals surface area contributed by atoms with Gasteiger partial charge in [-0.05, 0) is 35.2 Å². The SMILES string of the molecule is Cc1c(-c2ccccc2)cccc1-c1nc2c(Cl)cc(CNCCO)cn2n1. The summed E-state index contributed by atoms with van der Waals surface area (Å²) in [6.45, 7) is 3.33. The summed E-state index contributed by atoms with van der Waals surface area (Å²) in [4.78, 5) is 4.68. The molecule has 142 valence electrons. The lowest BCUT2D eigenvalue weighted by Crippen LogP contribution is -2.17. The molecule has 4 rings (SSSR count). The second-order valence-electron chi connectivity index (χ2n) is 6.64. The minimum atomic E-state index is 0.0977. The summed E-state index contributed by atoms with van der Waals surface area (Å²) >= 11 is 6.44. The number of benzene rings is 2. The highest BCUT2D eigenvalue weighted by molar-refractivity contribution is 6.33. The molecule has 0 fully saturated rings. The van der Waals surface area contributed by atoms with E-state index in [1.54, 1.807) is 4.52 Å². The predicted octanol–water partition coefficient (Wildman–Crippen LogP) is 4.11. The van der Waals surface area contributed by atoms with E-state index in [-0.39, 0.29) is 6.61 Å². The average Bonchev–Trinajstić information content (AvgIpc) is 3.13. The summed E-state index contributed by atoms with van der Waals surface area (Å²) in [6, 6.07) is 18.4. The number of aliphatic hydroxyl groups excluding tert-OH is 1. The molecule has 5 nitrogen and oxygen atoms in total. The molecule has 0 amide bonds. The lowest BCUT2D eigenvalue weighted by atomic mass is 9.96. The van der Waals surface area contributed by atoms with E-state index < -0.39 is 0 Å². The number of fused-ring (bicyclic) bond motifs is 1. The van der Waals surface area contributed by atoms with Crippen LogP contribution in [0.2, 0.25) is 5.02 Å². The molecule has 0 saturated carbocycles. The van der Waals surface area contributed by atoms with Crippen LogP contribution in [-0.4, -0.2) is 32.9 Å². The van der Waals surface area contributed by atoms with Crippen LogP contribution >= 0.6 is 11.6 Å². The first kappa shape index (κ1) is 18.6. The van der Waals surface area contributed by atoms with E-state index in [0.29, 0.717) is 29.6 Å². The van der Waals surface area contributed by atoms with Crippen molar-refractivity contribution in [2.75, 3.05) is 13.2 Å². The second kappa shape index (κ2) is 8.10. The summed E-state index contributed by atoms with van der Waals surface area (Å²) in [7, 11) is 0. The maximum atomic E-state index is 8.91. The van der Waals surface area contributed by atoms with Gasteiger partial charge >= 0.3 is 0 Å². The van der Waals surface area contributed by atoms with Crippen LogP contribution in [0, 0.1) is 6.92 Å². The molecule has 6 heteroatoms. The number of hydrogen-bond acceptors (Lipinski definition) is 4. The van der Waals surface area contributed by atoms with E-state index in [2.05, 4.69) is 40.5 Å². The molecule has 0 aliphatic rings. The molecule has 2 heterocycles. The maximum absolute atomic E-state index is 8.91. The monoisotopic (exact) mass is 392 g/mol. The van der Waals surface area contributed by atoms with Gasteiger partial charge in [-0.1, -0.05) is 60.1 Å². The number of hydrogen-bond donors (Lipinski definition) is 2. The molecule has 28 heavy (non-hydrogen) atoms. The zero-order valence-electron chi connectivity index (χ0n) is 15.6. The van der Waals surface area contributed by atoms with Crippen molar-refractivity contribution in [3.8, 4) is 22.5 Å². The molecule has 2 aromatic carbocycles. The van der Waals surface area contributed by atoms with Gasteiger partial charge in [-0.3, -0.25) is 0 Å². The quantitative estimate of drug-likeness (QED) is 0.485. The lowest BCUT2D eigenvalue weighted by molar-refractivity contribution is 0.292. The zero-order chi connectivity index (χ0) is 19.5. The molecule has 0 bridgehead atoms. The van der Waals surface area contributed by atoms with Gasteiger partial charge in [-0.15, -0.1) is 5.10 Å². The third-order valence-corrected chi connectivity index (χ3v) is 5.00. The number of aromatic nitrogens is 3. The Labute approximate surface area is 168 Å². The number of nitrogens with one attached hydrogen (secondary N) is 1. The van der Waals surface area contributed by atoms with Crippen LogP contribution in [-0.2, 0) is 6.54 Å². The first-order valence-corrected chi connectivity index (χ1v) is 9.57. The highest BCUT2D eigenvalue weighted by atomic mass is 35.5. The van der Waals surface area contributed by atoms with Gasteiger partial charge in [-0.2, -0.15) is 0 Å². The third kappa shape index (κ3) is 3.64. The van der Waals surface area contributed by atoms with Crippen LogP contribution in [0.5, 0.6) is 0 Å². The average molecular weight is 393 g/mol. The van der Waals surface area contributed by atoms with Crippen molar-refractivity contribution >= 4 is 17.2 Å². The van der Waals surface area contributed by atoms with Gasteiger partial charge in [0.2, 0.25) is 0 Å². The smallest absolute Gasteiger partial charge is 0.182 e. The van der Waals surface area contributed by atoms with E-state index in [1.165, 1.54) is 5.56 Å². The summed E-state index contributed by atoms with van der Waals surface area (Å²) in [5, 5.41) is 17.3. The standard InChI is InChI=1S/C22H21ClN4O/c1-15-18(17-6-3-2-4-7-17)8-5-9-19(15)21-25-22-20(23)12-16(13-24-10-11-28)14-27(22)26-21/h2-9,12,14,24,28H,10-11,13H2,1H3. The highest BCUT2D eigenvalue weighted by Gasteiger charge is 2.14. The number of rotatable bonds is 6. The molecular weight excluding hydrogens is 372 g/mol. The lowest BCUT2D eigenvalue weighted by Gasteiger charge is -2.09. The molecule has 2 aromatic heterocycles. The normalized spacial score (nSPS) is 11.2. The largest absolute Gasteiger partial charge is 0.395 e. The van der Waals surface area contributed by atoms with E-state index >= 15 is 0 Å². The minimum Gasteiger partial charge on any atom is -0.395 e. The van der Waals surface area contributed by atoms with E-state index in [9.17, 15) is 0 Å². The Hall–Kier alpha value is -2.73. The maximum Gasteiger partial charge on any atom is 0.182 e. The minimum absolute atomic E-state index is 0.0977. The molecule has 0 radical (unpaired) electrons. The molecule has 0 atom stereocenters. The summed E-state index contributed by atoms with van der Waals surface area (Å²) in [6.07, 6.45) is 1.92. The van der Waals surface area contributed by atoms with Gasteiger partial charge < -0.3 is 10.4 Å². The van der Waals surface area contributed by atoms with Crippen LogP contribution in [0.3, 0.4) is 0 Å². The van der Waals surface area contributed by atoms with Gasteiger partial charge in [0.1, 0.15) is 0 Å². The fourth-order valence-corrected chi connectivity index (χ4v) is 3.60. The molecule has 0 unspecified atom stereocenters. The second-order valence-corrected chi connectivity index (χ2v) is 7.05. The van der Waals surface area contributed by atoms with Crippen LogP contribution in [0.25, 0.3) is 28.2 Å². The fraction of sp³-hybridized carbons (Fsp3) is 0.182. The van der Waals surface area contributed by atoms with Gasteiger partial charge in [0.05, 0.1) is 11.6 Å².